The van der Waals surface area contributed by atoms with Crippen molar-refractivity contribution in [2.45, 2.75) is 19.4 Å². The van der Waals surface area contributed by atoms with Gasteiger partial charge in [0.25, 0.3) is 0 Å². The summed E-state index contributed by atoms with van der Waals surface area (Å²) in [6.45, 7) is 3.02. The number of methoxy groups -OCH3 is 1. The van der Waals surface area contributed by atoms with E-state index < -0.39 is 6.10 Å². The second-order valence-corrected chi connectivity index (χ2v) is 4.27. The van der Waals surface area contributed by atoms with Crippen LogP contribution in [0.4, 0.5) is 5.82 Å². The predicted molar refractivity (Wildman–Crippen MR) is 68.7 cm³/mol. The largest absolute Gasteiger partial charge is 0.391 e. The van der Waals surface area contributed by atoms with Crippen LogP contribution in [0, 0.1) is 6.92 Å². The number of ether oxygens (including phenoxy) is 1. The molecule has 0 aliphatic rings. The van der Waals surface area contributed by atoms with Crippen molar-refractivity contribution in [2.24, 2.45) is 0 Å². The Morgan fingerprint density at radius 2 is 2.33 bits per heavy atom. The van der Waals surface area contributed by atoms with Crippen molar-refractivity contribution in [1.29, 1.82) is 0 Å². The SMILES string of the molecule is COCC(O)CCNc1cc(C)cc2ncnn12. The zero-order valence-electron chi connectivity index (χ0n) is 10.6. The number of hydrogen-bond acceptors (Lipinski definition) is 5. The molecule has 2 N–H and O–H groups in total. The average molecular weight is 250 g/mol. The third-order valence-corrected chi connectivity index (χ3v) is 2.67. The first-order valence-electron chi connectivity index (χ1n) is 5.92. The molecular formula is C12H18N4O2. The van der Waals surface area contributed by atoms with Crippen LogP contribution in [0.15, 0.2) is 18.5 Å². The van der Waals surface area contributed by atoms with Gasteiger partial charge in [0, 0.05) is 13.7 Å². The van der Waals surface area contributed by atoms with E-state index in [2.05, 4.69) is 15.4 Å². The van der Waals surface area contributed by atoms with E-state index in [-0.39, 0.29) is 0 Å². The minimum Gasteiger partial charge on any atom is -0.391 e. The molecule has 0 fully saturated rings. The van der Waals surface area contributed by atoms with Crippen LogP contribution in [-0.2, 0) is 4.74 Å². The maximum absolute atomic E-state index is 9.56. The fourth-order valence-corrected chi connectivity index (χ4v) is 1.83. The Kier molecular flexibility index (Phi) is 4.11. The Morgan fingerprint density at radius 1 is 1.50 bits per heavy atom. The summed E-state index contributed by atoms with van der Waals surface area (Å²) in [4.78, 5) is 4.16. The van der Waals surface area contributed by atoms with Crippen molar-refractivity contribution in [1.82, 2.24) is 14.6 Å². The highest BCUT2D eigenvalue weighted by molar-refractivity contribution is 5.51. The molecule has 0 saturated carbocycles. The molecule has 1 atom stereocenters. The van der Waals surface area contributed by atoms with Gasteiger partial charge in [-0.05, 0) is 31.0 Å². The first-order chi connectivity index (χ1) is 8.70. The maximum Gasteiger partial charge on any atom is 0.157 e. The minimum atomic E-state index is -0.446. The predicted octanol–water partition coefficient (Wildman–Crippen LogP) is 0.847. The van der Waals surface area contributed by atoms with Gasteiger partial charge in [0.15, 0.2) is 5.65 Å². The molecular weight excluding hydrogens is 232 g/mol. The average Bonchev–Trinajstić information content (AvgIpc) is 2.77. The van der Waals surface area contributed by atoms with Gasteiger partial charge in [-0.15, -0.1) is 0 Å². The molecule has 98 valence electrons. The fourth-order valence-electron chi connectivity index (χ4n) is 1.83. The normalized spacial score (nSPS) is 12.8. The lowest BCUT2D eigenvalue weighted by Crippen LogP contribution is -2.19. The number of rotatable bonds is 6. The number of fused-ring (bicyclic) bond motifs is 1. The topological polar surface area (TPSA) is 71.7 Å². The zero-order chi connectivity index (χ0) is 13.0. The first kappa shape index (κ1) is 12.8. The highest BCUT2D eigenvalue weighted by Crippen LogP contribution is 2.13. The van der Waals surface area contributed by atoms with E-state index in [0.717, 1.165) is 17.0 Å². The van der Waals surface area contributed by atoms with E-state index in [0.29, 0.717) is 19.6 Å². The summed E-state index contributed by atoms with van der Waals surface area (Å²) in [6, 6.07) is 3.97. The lowest BCUT2D eigenvalue weighted by Gasteiger charge is -2.12. The molecule has 1 unspecified atom stereocenters. The summed E-state index contributed by atoms with van der Waals surface area (Å²) in [6.07, 6.45) is 1.70. The van der Waals surface area contributed by atoms with Crippen LogP contribution in [0.3, 0.4) is 0 Å². The van der Waals surface area contributed by atoms with Crippen LogP contribution in [0.5, 0.6) is 0 Å². The number of nitrogens with one attached hydrogen (secondary N) is 1. The number of aromatic nitrogens is 3. The molecule has 0 aromatic carbocycles. The Labute approximate surface area is 106 Å². The van der Waals surface area contributed by atoms with E-state index in [1.165, 1.54) is 6.33 Å². The van der Waals surface area contributed by atoms with Gasteiger partial charge in [0.2, 0.25) is 0 Å². The van der Waals surface area contributed by atoms with E-state index >= 15 is 0 Å². The van der Waals surface area contributed by atoms with Crippen molar-refractivity contribution in [2.75, 3.05) is 25.6 Å². The van der Waals surface area contributed by atoms with Gasteiger partial charge >= 0.3 is 0 Å². The van der Waals surface area contributed by atoms with E-state index in [4.69, 9.17) is 4.74 Å². The van der Waals surface area contributed by atoms with Gasteiger partial charge in [-0.3, -0.25) is 0 Å². The summed E-state index contributed by atoms with van der Waals surface area (Å²) in [5.41, 5.74) is 1.94. The Bertz CT molecular complexity index is 512. The first-order valence-corrected chi connectivity index (χ1v) is 5.92. The molecule has 0 saturated heterocycles. The number of nitrogens with zero attached hydrogens (tertiary/aromatic N) is 3. The molecule has 2 rings (SSSR count). The molecule has 0 radical (unpaired) electrons. The van der Waals surface area contributed by atoms with Crippen molar-refractivity contribution in [3.63, 3.8) is 0 Å². The van der Waals surface area contributed by atoms with Crippen molar-refractivity contribution in [3.8, 4) is 0 Å². The number of aliphatic hydroxyl groups excluding tert-OH is 1. The van der Waals surface area contributed by atoms with Gasteiger partial charge in [0.1, 0.15) is 12.1 Å². The molecule has 2 heterocycles. The van der Waals surface area contributed by atoms with Gasteiger partial charge in [-0.2, -0.15) is 9.61 Å². The van der Waals surface area contributed by atoms with Gasteiger partial charge in [-0.25, -0.2) is 4.98 Å². The van der Waals surface area contributed by atoms with Crippen molar-refractivity contribution < 1.29 is 9.84 Å². The standard InChI is InChI=1S/C12H18N4O2/c1-9-5-11(13-4-3-10(17)7-18-2)16-12(6-9)14-8-15-16/h5-6,8,10,13,17H,3-4,7H2,1-2H3. The van der Waals surface area contributed by atoms with Crippen LogP contribution >= 0.6 is 0 Å². The number of anilines is 1. The molecule has 6 nitrogen and oxygen atoms in total. The fraction of sp³-hybridized carbons (Fsp3) is 0.500. The van der Waals surface area contributed by atoms with E-state index in [9.17, 15) is 5.11 Å². The smallest absolute Gasteiger partial charge is 0.157 e. The van der Waals surface area contributed by atoms with Gasteiger partial charge in [0.05, 0.1) is 12.7 Å². The number of aryl methyl sites for hydroxylation is 1. The summed E-state index contributed by atoms with van der Waals surface area (Å²) in [5, 5.41) is 17.0. The van der Waals surface area contributed by atoms with Crippen LogP contribution in [0.1, 0.15) is 12.0 Å². The van der Waals surface area contributed by atoms with Crippen LogP contribution in [0.2, 0.25) is 0 Å². The number of aliphatic hydroxyl groups is 1. The third-order valence-electron chi connectivity index (χ3n) is 2.67. The highest BCUT2D eigenvalue weighted by Gasteiger charge is 2.06. The van der Waals surface area contributed by atoms with Crippen LogP contribution < -0.4 is 5.32 Å². The third kappa shape index (κ3) is 2.96. The minimum absolute atomic E-state index is 0.355. The van der Waals surface area contributed by atoms with Crippen LogP contribution in [-0.4, -0.2) is 46.1 Å². The van der Waals surface area contributed by atoms with Gasteiger partial charge in [-0.1, -0.05) is 0 Å². The number of pyridine rings is 1. The second kappa shape index (κ2) is 5.79. The summed E-state index contributed by atoms with van der Waals surface area (Å²) >= 11 is 0. The van der Waals surface area contributed by atoms with Crippen molar-refractivity contribution >= 4 is 11.5 Å². The maximum atomic E-state index is 9.56. The molecule has 0 amide bonds. The highest BCUT2D eigenvalue weighted by atomic mass is 16.5. The summed E-state index contributed by atoms with van der Waals surface area (Å²) < 4.78 is 6.62. The molecule has 0 aliphatic carbocycles. The molecule has 0 aliphatic heterocycles. The molecule has 2 aromatic heterocycles. The summed E-state index contributed by atoms with van der Waals surface area (Å²) in [7, 11) is 1.58. The van der Waals surface area contributed by atoms with E-state index in [1.807, 2.05) is 19.1 Å². The Balaban J connectivity index is 2.00. The molecule has 18 heavy (non-hydrogen) atoms. The Hall–Kier alpha value is -1.66. The molecule has 2 aromatic rings. The lowest BCUT2D eigenvalue weighted by molar-refractivity contribution is 0.0615. The van der Waals surface area contributed by atoms with Crippen LogP contribution in [0.25, 0.3) is 5.65 Å². The molecule has 0 bridgehead atoms. The number of hydrogen-bond donors (Lipinski definition) is 2. The quantitative estimate of drug-likeness (QED) is 0.795. The van der Waals surface area contributed by atoms with E-state index in [1.54, 1.807) is 11.6 Å². The second-order valence-electron chi connectivity index (χ2n) is 4.27. The molecule has 0 spiro atoms. The monoisotopic (exact) mass is 250 g/mol. The Morgan fingerprint density at radius 3 is 3.11 bits per heavy atom. The summed E-state index contributed by atoms with van der Waals surface area (Å²) in [5.74, 6) is 0.882. The van der Waals surface area contributed by atoms with Gasteiger partial charge < -0.3 is 15.2 Å². The lowest BCUT2D eigenvalue weighted by atomic mass is 10.2. The molecule has 6 heteroatoms. The zero-order valence-corrected chi connectivity index (χ0v) is 10.6. The van der Waals surface area contributed by atoms with Crippen molar-refractivity contribution in [3.05, 3.63) is 24.0 Å².